The largest absolute Gasteiger partial charge is 0.326 e. The lowest BCUT2D eigenvalue weighted by Crippen LogP contribution is -2.13. The summed E-state index contributed by atoms with van der Waals surface area (Å²) in [5.74, 6) is -1.69. The Kier molecular flexibility index (Phi) is 3.36. The number of carbonyl (C=O) groups excluding carboxylic acids is 2. The Morgan fingerprint density at radius 1 is 1.13 bits per heavy atom. The molecule has 0 fully saturated rings. The van der Waals surface area contributed by atoms with Crippen molar-refractivity contribution in [3.63, 3.8) is 0 Å². The number of benzene rings is 1. The first-order valence-corrected chi connectivity index (χ1v) is 6.54. The zero-order chi connectivity index (χ0) is 11.5. The fourth-order valence-corrected chi connectivity index (χ4v) is 1.44. The number of hydrogen-bond acceptors (Lipinski definition) is 3. The van der Waals surface area contributed by atoms with Crippen molar-refractivity contribution in [2.45, 2.75) is 0 Å². The van der Waals surface area contributed by atoms with Gasteiger partial charge in [0.1, 0.15) is 0 Å². The summed E-state index contributed by atoms with van der Waals surface area (Å²) in [5, 5.41) is 0. The third-order valence-electron chi connectivity index (χ3n) is 1.53. The number of carbonyl (C=O) groups is 2. The Morgan fingerprint density at radius 3 is 2.13 bits per heavy atom. The normalized spacial score (nSPS) is 10.8. The second-order valence-electron chi connectivity index (χ2n) is 3.27. The van der Waals surface area contributed by atoms with E-state index in [-0.39, 0.29) is 5.56 Å². The average molecular weight is 225 g/mol. The monoisotopic (exact) mass is 225 g/mol. The van der Waals surface area contributed by atoms with Crippen LogP contribution >= 0.6 is 0 Å². The van der Waals surface area contributed by atoms with Gasteiger partial charge >= 0.3 is 5.91 Å². The summed E-state index contributed by atoms with van der Waals surface area (Å²) in [6.07, 6.45) is 2.62. The molecule has 0 N–H and O–H groups in total. The summed E-state index contributed by atoms with van der Waals surface area (Å²) in [5.41, 5.74) is 0.259. The lowest BCUT2D eigenvalue weighted by molar-refractivity contribution is -0.113. The molecule has 0 saturated heterocycles. The van der Waals surface area contributed by atoms with E-state index in [0.717, 1.165) is 0 Å². The summed E-state index contributed by atoms with van der Waals surface area (Å²) in [4.78, 5) is 22.7. The molecule has 0 radical (unpaired) electrons. The second kappa shape index (κ2) is 4.35. The van der Waals surface area contributed by atoms with Gasteiger partial charge in [0, 0.05) is 27.8 Å². The van der Waals surface area contributed by atoms with E-state index in [9.17, 15) is 13.8 Å². The molecule has 1 aromatic rings. The number of rotatable bonds is 2. The zero-order valence-corrected chi connectivity index (χ0v) is 9.28. The average Bonchev–Trinajstić information content (AvgIpc) is 2.15. The molecule has 5 heteroatoms. The van der Waals surface area contributed by atoms with Crippen LogP contribution in [0.3, 0.4) is 0 Å². The van der Waals surface area contributed by atoms with Gasteiger partial charge in [-0.3, -0.25) is 9.59 Å². The minimum Gasteiger partial charge on any atom is -0.283 e. The molecule has 0 aliphatic rings. The maximum atomic E-state index is 11.5. The molecule has 1 amide bonds. The second-order valence-corrected chi connectivity index (χ2v) is 5.82. The smallest absolute Gasteiger partial charge is 0.283 e. The number of nitrogens with zero attached hydrogens (tertiary/aromatic N) is 1. The third-order valence-corrected chi connectivity index (χ3v) is 2.14. The van der Waals surface area contributed by atoms with E-state index in [1.54, 1.807) is 18.2 Å². The first-order chi connectivity index (χ1) is 6.90. The Morgan fingerprint density at radius 2 is 1.67 bits per heavy atom. The highest BCUT2D eigenvalue weighted by Gasteiger charge is 2.15. The standard InChI is InChI=1S/C10H11NO3S/c1-15(2,14)11-10(13)9(12)8-6-4-3-5-7-8/h3-7H,1-2H3. The Balaban J connectivity index is 2.99. The lowest BCUT2D eigenvalue weighted by atomic mass is 10.1. The minimum atomic E-state index is -2.57. The molecule has 1 rings (SSSR count). The lowest BCUT2D eigenvalue weighted by Gasteiger charge is -1.96. The van der Waals surface area contributed by atoms with Crippen molar-refractivity contribution < 1.29 is 13.8 Å². The Labute approximate surface area is 88.5 Å². The number of Topliss-reactive ketones (excluding diaryl/α,β-unsaturated/α-hetero) is 1. The Hall–Kier alpha value is -1.49. The molecule has 0 spiro atoms. The van der Waals surface area contributed by atoms with Gasteiger partial charge < -0.3 is 0 Å². The van der Waals surface area contributed by atoms with Crippen LogP contribution in [-0.2, 0) is 14.5 Å². The topological polar surface area (TPSA) is 63.6 Å². The molecule has 1 aromatic carbocycles. The molecule has 80 valence electrons. The van der Waals surface area contributed by atoms with E-state index in [1.807, 2.05) is 0 Å². The van der Waals surface area contributed by atoms with Crippen molar-refractivity contribution >= 4 is 21.4 Å². The van der Waals surface area contributed by atoms with Crippen molar-refractivity contribution in [3.05, 3.63) is 35.9 Å². The van der Waals surface area contributed by atoms with Gasteiger partial charge in [-0.2, -0.15) is 4.36 Å². The van der Waals surface area contributed by atoms with Crippen molar-refractivity contribution in [3.8, 4) is 0 Å². The first-order valence-electron chi connectivity index (χ1n) is 4.21. The van der Waals surface area contributed by atoms with Gasteiger partial charge in [-0.15, -0.1) is 0 Å². The van der Waals surface area contributed by atoms with Gasteiger partial charge in [-0.25, -0.2) is 4.21 Å². The van der Waals surface area contributed by atoms with E-state index in [4.69, 9.17) is 0 Å². The van der Waals surface area contributed by atoms with Crippen LogP contribution in [0.2, 0.25) is 0 Å². The zero-order valence-electron chi connectivity index (χ0n) is 8.47. The molecular weight excluding hydrogens is 214 g/mol. The predicted octanol–water partition coefficient (Wildman–Crippen LogP) is 1.12. The van der Waals surface area contributed by atoms with Gasteiger partial charge in [-0.05, 0) is 0 Å². The molecular formula is C10H11NO3S. The Bertz CT molecular complexity index is 491. The van der Waals surface area contributed by atoms with E-state index in [2.05, 4.69) is 4.36 Å². The van der Waals surface area contributed by atoms with Gasteiger partial charge in [0.2, 0.25) is 0 Å². The molecule has 0 aliphatic heterocycles. The van der Waals surface area contributed by atoms with Gasteiger partial charge in [0.25, 0.3) is 5.78 Å². The number of ketones is 1. The van der Waals surface area contributed by atoms with Crippen LogP contribution in [0.25, 0.3) is 0 Å². The van der Waals surface area contributed by atoms with Crippen LogP contribution in [0.4, 0.5) is 0 Å². The SMILES string of the molecule is CS(C)(=O)=NC(=O)C(=O)c1ccccc1. The van der Waals surface area contributed by atoms with Crippen molar-refractivity contribution in [1.29, 1.82) is 0 Å². The molecule has 0 unspecified atom stereocenters. The molecule has 0 aliphatic carbocycles. The quantitative estimate of drug-likeness (QED) is 0.559. The van der Waals surface area contributed by atoms with Crippen molar-refractivity contribution in [2.75, 3.05) is 12.5 Å². The molecule has 4 nitrogen and oxygen atoms in total. The minimum absolute atomic E-state index is 0.259. The van der Waals surface area contributed by atoms with Crippen LogP contribution < -0.4 is 0 Å². The summed E-state index contributed by atoms with van der Waals surface area (Å²) < 4.78 is 14.5. The summed E-state index contributed by atoms with van der Waals surface area (Å²) in [6, 6.07) is 8.07. The highest BCUT2D eigenvalue weighted by Crippen LogP contribution is 2.02. The maximum Gasteiger partial charge on any atom is 0.326 e. The van der Waals surface area contributed by atoms with Gasteiger partial charge in [-0.1, -0.05) is 30.3 Å². The van der Waals surface area contributed by atoms with Crippen LogP contribution in [-0.4, -0.2) is 28.4 Å². The molecule has 0 saturated carbocycles. The summed E-state index contributed by atoms with van der Waals surface area (Å²) in [7, 11) is -2.57. The van der Waals surface area contributed by atoms with Gasteiger partial charge in [0.15, 0.2) is 0 Å². The van der Waals surface area contributed by atoms with E-state index >= 15 is 0 Å². The fourth-order valence-electron chi connectivity index (χ4n) is 0.954. The van der Waals surface area contributed by atoms with Crippen LogP contribution in [0.5, 0.6) is 0 Å². The number of amides is 1. The predicted molar refractivity (Wildman–Crippen MR) is 58.2 cm³/mol. The molecule has 0 atom stereocenters. The summed E-state index contributed by atoms with van der Waals surface area (Å²) in [6.45, 7) is 0. The van der Waals surface area contributed by atoms with E-state index in [1.165, 1.54) is 24.6 Å². The summed E-state index contributed by atoms with van der Waals surface area (Å²) >= 11 is 0. The molecule has 15 heavy (non-hydrogen) atoms. The highest BCUT2D eigenvalue weighted by molar-refractivity contribution is 7.92. The molecule has 0 aromatic heterocycles. The van der Waals surface area contributed by atoms with E-state index < -0.39 is 21.4 Å². The highest BCUT2D eigenvalue weighted by atomic mass is 32.2. The van der Waals surface area contributed by atoms with E-state index in [0.29, 0.717) is 0 Å². The van der Waals surface area contributed by atoms with Crippen molar-refractivity contribution in [2.24, 2.45) is 4.36 Å². The molecule has 0 bridgehead atoms. The van der Waals surface area contributed by atoms with Crippen LogP contribution in [0, 0.1) is 0 Å². The van der Waals surface area contributed by atoms with Gasteiger partial charge in [0.05, 0.1) is 0 Å². The van der Waals surface area contributed by atoms with Crippen LogP contribution in [0.15, 0.2) is 34.7 Å². The van der Waals surface area contributed by atoms with Crippen LogP contribution in [0.1, 0.15) is 10.4 Å². The maximum absolute atomic E-state index is 11.5. The van der Waals surface area contributed by atoms with Crippen molar-refractivity contribution in [1.82, 2.24) is 0 Å². The first kappa shape index (κ1) is 11.6. The number of hydrogen-bond donors (Lipinski definition) is 0. The fraction of sp³-hybridized carbons (Fsp3) is 0.200. The molecule has 0 heterocycles. The third kappa shape index (κ3) is 3.63.